The van der Waals surface area contributed by atoms with Gasteiger partial charge in [0.15, 0.2) is 11.5 Å². The molecule has 0 bridgehead atoms. The Labute approximate surface area is 118 Å². The molecule has 3 aromatic rings. The number of rotatable bonds is 0. The second-order valence-corrected chi connectivity index (χ2v) is 4.97. The predicted molar refractivity (Wildman–Crippen MR) is 70.8 cm³/mol. The van der Waals surface area contributed by atoms with E-state index in [2.05, 4.69) is 30.9 Å². The van der Waals surface area contributed by atoms with E-state index >= 15 is 0 Å². The summed E-state index contributed by atoms with van der Waals surface area (Å²) >= 11 is 8.88. The van der Waals surface area contributed by atoms with Crippen LogP contribution in [-0.4, -0.2) is 25.2 Å². The van der Waals surface area contributed by atoms with E-state index in [9.17, 15) is 14.6 Å². The van der Waals surface area contributed by atoms with Gasteiger partial charge in [0.2, 0.25) is 5.88 Å². The van der Waals surface area contributed by atoms with Crippen molar-refractivity contribution in [1.82, 2.24) is 15.0 Å². The molecule has 0 spiro atoms. The molecule has 0 fully saturated rings. The van der Waals surface area contributed by atoms with Crippen LogP contribution in [0.2, 0.25) is 5.02 Å². The molecule has 0 saturated heterocycles. The Kier molecular flexibility index (Phi) is 2.68. The van der Waals surface area contributed by atoms with Crippen LogP contribution in [0.3, 0.4) is 0 Å². The van der Waals surface area contributed by atoms with E-state index in [-0.39, 0.29) is 26.0 Å². The minimum atomic E-state index is -0.637. The first-order valence-electron chi connectivity index (χ1n) is 5.01. The summed E-state index contributed by atoms with van der Waals surface area (Å²) in [4.78, 5) is 11.0. The molecule has 0 aliphatic carbocycles. The molecule has 8 heteroatoms. The summed E-state index contributed by atoms with van der Waals surface area (Å²) in [6.07, 6.45) is 0. The van der Waals surface area contributed by atoms with Gasteiger partial charge in [-0.25, -0.2) is 9.37 Å². The molecular weight excluding hydrogens is 340 g/mol. The number of halogens is 3. The lowest BCUT2D eigenvalue weighted by molar-refractivity contribution is 0.403. The zero-order valence-electron chi connectivity index (χ0n) is 9.02. The molecule has 2 N–H and O–H groups in total. The van der Waals surface area contributed by atoms with Crippen molar-refractivity contribution in [1.29, 1.82) is 0 Å². The molecule has 0 amide bonds. The van der Waals surface area contributed by atoms with E-state index in [1.807, 2.05) is 0 Å². The van der Waals surface area contributed by atoms with Gasteiger partial charge in [0.05, 0.1) is 14.9 Å². The number of nitrogens with zero attached hydrogens (tertiary/aromatic N) is 3. The van der Waals surface area contributed by atoms with Crippen LogP contribution in [0.25, 0.3) is 21.9 Å². The first-order valence-corrected chi connectivity index (χ1v) is 6.18. The first kappa shape index (κ1) is 12.3. The molecule has 2 heterocycles. The highest BCUT2D eigenvalue weighted by molar-refractivity contribution is 9.10. The van der Waals surface area contributed by atoms with Crippen LogP contribution in [-0.2, 0) is 0 Å². The molecule has 0 aliphatic heterocycles. The van der Waals surface area contributed by atoms with Gasteiger partial charge in [0, 0.05) is 5.39 Å². The first-order chi connectivity index (χ1) is 8.97. The van der Waals surface area contributed by atoms with Crippen molar-refractivity contribution in [3.63, 3.8) is 0 Å². The highest BCUT2D eigenvalue weighted by atomic mass is 79.9. The Bertz CT molecular complexity index is 843. The lowest BCUT2D eigenvalue weighted by atomic mass is 10.2. The van der Waals surface area contributed by atoms with Gasteiger partial charge in [-0.15, -0.1) is 0 Å². The van der Waals surface area contributed by atoms with Crippen LogP contribution >= 0.6 is 27.5 Å². The molecule has 96 valence electrons. The van der Waals surface area contributed by atoms with Gasteiger partial charge in [-0.1, -0.05) is 11.6 Å². The van der Waals surface area contributed by atoms with E-state index in [0.29, 0.717) is 5.39 Å². The standard InChI is InChI=1S/C11H4BrClFN3O2/c12-6-5(13)2-3-1-4-9(15-8(3)7(6)14)16-11(19)17-10(4)18/h1-2H,(H2,15,16,17,18,19). The minimum Gasteiger partial charge on any atom is -0.493 e. The van der Waals surface area contributed by atoms with Crippen molar-refractivity contribution in [3.8, 4) is 11.9 Å². The van der Waals surface area contributed by atoms with Crippen molar-refractivity contribution in [3.05, 3.63) is 27.4 Å². The summed E-state index contributed by atoms with van der Waals surface area (Å²) in [5, 5.41) is 19.6. The van der Waals surface area contributed by atoms with Gasteiger partial charge >= 0.3 is 6.01 Å². The number of aromatic hydroxyl groups is 2. The van der Waals surface area contributed by atoms with E-state index in [0.717, 1.165) is 0 Å². The van der Waals surface area contributed by atoms with Gasteiger partial charge in [-0.05, 0) is 28.1 Å². The van der Waals surface area contributed by atoms with E-state index in [4.69, 9.17) is 11.6 Å². The highest BCUT2D eigenvalue weighted by Gasteiger charge is 2.15. The Hall–Kier alpha value is -1.73. The maximum absolute atomic E-state index is 14.0. The fraction of sp³-hybridized carbons (Fsp3) is 0. The average molecular weight is 345 g/mol. The van der Waals surface area contributed by atoms with E-state index in [1.54, 1.807) is 0 Å². The van der Waals surface area contributed by atoms with Crippen LogP contribution in [0.4, 0.5) is 4.39 Å². The molecule has 0 radical (unpaired) electrons. The minimum absolute atomic E-state index is 0.00868. The van der Waals surface area contributed by atoms with Crippen molar-refractivity contribution >= 4 is 49.5 Å². The van der Waals surface area contributed by atoms with E-state index in [1.165, 1.54) is 12.1 Å². The monoisotopic (exact) mass is 343 g/mol. The van der Waals surface area contributed by atoms with Crippen molar-refractivity contribution in [2.45, 2.75) is 0 Å². The van der Waals surface area contributed by atoms with Gasteiger partial charge in [-0.3, -0.25) is 0 Å². The third-order valence-corrected chi connectivity index (χ3v) is 3.88. The summed E-state index contributed by atoms with van der Waals surface area (Å²) < 4.78 is 14.1. The number of fused-ring (bicyclic) bond motifs is 2. The van der Waals surface area contributed by atoms with Gasteiger partial charge in [0.1, 0.15) is 5.52 Å². The number of pyridine rings is 1. The van der Waals surface area contributed by atoms with Crippen LogP contribution in [0.15, 0.2) is 16.6 Å². The smallest absolute Gasteiger partial charge is 0.319 e. The van der Waals surface area contributed by atoms with Crippen LogP contribution < -0.4 is 0 Å². The molecule has 1 aromatic carbocycles. The van der Waals surface area contributed by atoms with Crippen LogP contribution in [0.5, 0.6) is 11.9 Å². The molecule has 19 heavy (non-hydrogen) atoms. The third-order valence-electron chi connectivity index (χ3n) is 2.58. The Balaban J connectivity index is 2.52. The molecule has 0 atom stereocenters. The number of aromatic nitrogens is 3. The number of benzene rings is 1. The van der Waals surface area contributed by atoms with Crippen molar-refractivity contribution in [2.24, 2.45) is 0 Å². The molecule has 2 aromatic heterocycles. The normalized spacial score (nSPS) is 11.3. The zero-order chi connectivity index (χ0) is 13.7. The Morgan fingerprint density at radius 2 is 1.89 bits per heavy atom. The molecule has 0 saturated carbocycles. The molecule has 0 aliphatic rings. The largest absolute Gasteiger partial charge is 0.493 e. The van der Waals surface area contributed by atoms with Crippen LogP contribution in [0, 0.1) is 5.82 Å². The summed E-state index contributed by atoms with van der Waals surface area (Å²) in [7, 11) is 0. The quantitative estimate of drug-likeness (QED) is 0.484. The summed E-state index contributed by atoms with van der Waals surface area (Å²) in [6, 6.07) is 2.32. The van der Waals surface area contributed by atoms with Gasteiger partial charge in [0.25, 0.3) is 0 Å². The molecule has 0 unspecified atom stereocenters. The molecular formula is C11H4BrClFN3O2. The second kappa shape index (κ2) is 4.14. The van der Waals surface area contributed by atoms with Crippen molar-refractivity contribution < 1.29 is 14.6 Å². The number of hydrogen-bond acceptors (Lipinski definition) is 5. The third kappa shape index (κ3) is 1.85. The Morgan fingerprint density at radius 1 is 1.16 bits per heavy atom. The topological polar surface area (TPSA) is 79.1 Å². The zero-order valence-corrected chi connectivity index (χ0v) is 11.4. The van der Waals surface area contributed by atoms with E-state index < -0.39 is 17.7 Å². The van der Waals surface area contributed by atoms with Crippen LogP contribution in [0.1, 0.15) is 0 Å². The molecule has 5 nitrogen and oxygen atoms in total. The summed E-state index contributed by atoms with van der Waals surface area (Å²) in [5.74, 6) is -1.07. The van der Waals surface area contributed by atoms with Crippen molar-refractivity contribution in [2.75, 3.05) is 0 Å². The second-order valence-electron chi connectivity index (χ2n) is 3.76. The molecule has 3 rings (SSSR count). The van der Waals surface area contributed by atoms with Gasteiger partial charge in [-0.2, -0.15) is 9.97 Å². The Morgan fingerprint density at radius 3 is 2.63 bits per heavy atom. The highest BCUT2D eigenvalue weighted by Crippen LogP contribution is 2.34. The fourth-order valence-electron chi connectivity index (χ4n) is 1.74. The lowest BCUT2D eigenvalue weighted by Gasteiger charge is -2.06. The maximum Gasteiger partial charge on any atom is 0.319 e. The average Bonchev–Trinajstić information content (AvgIpc) is 2.35. The van der Waals surface area contributed by atoms with Gasteiger partial charge < -0.3 is 10.2 Å². The summed E-state index contributed by atoms with van der Waals surface area (Å²) in [5.41, 5.74) is 0.0203. The summed E-state index contributed by atoms with van der Waals surface area (Å²) in [6.45, 7) is 0. The lowest BCUT2D eigenvalue weighted by Crippen LogP contribution is -1.93. The fourth-order valence-corrected chi connectivity index (χ4v) is 2.24. The predicted octanol–water partition coefficient (Wildman–Crippen LogP) is 3.14. The SMILES string of the molecule is Oc1nc(O)c2cc3cc(Cl)c(Br)c(F)c3nc2n1. The number of hydrogen-bond donors (Lipinski definition) is 2. The maximum atomic E-state index is 14.0.